The molecule has 9 nitrogen and oxygen atoms in total. The van der Waals surface area contributed by atoms with Crippen LogP contribution in [0.15, 0.2) is 18.6 Å². The van der Waals surface area contributed by atoms with Crippen LogP contribution >= 0.6 is 0 Å². The van der Waals surface area contributed by atoms with Crippen molar-refractivity contribution >= 4 is 17.6 Å². The maximum Gasteiger partial charge on any atom is 0.291 e. The number of carbonyl (C=O) groups excluding carboxylic acids is 2. The van der Waals surface area contributed by atoms with Crippen LogP contribution in [0.4, 0.5) is 5.82 Å². The van der Waals surface area contributed by atoms with Crippen molar-refractivity contribution in [3.8, 4) is 0 Å². The Balaban J connectivity index is 1.39. The fraction of sp³-hybridized carbons (Fsp3) is 0.588. The highest BCUT2D eigenvalue weighted by molar-refractivity contribution is 6.00. The van der Waals surface area contributed by atoms with Crippen LogP contribution in [-0.2, 0) is 17.9 Å². The summed E-state index contributed by atoms with van der Waals surface area (Å²) in [6.07, 6.45) is 6.12. The molecule has 0 unspecified atom stereocenters. The highest BCUT2D eigenvalue weighted by Crippen LogP contribution is 2.33. The topological polar surface area (TPSA) is 97.9 Å². The third-order valence-electron chi connectivity index (χ3n) is 5.26. The van der Waals surface area contributed by atoms with E-state index in [0.717, 1.165) is 18.3 Å². The van der Waals surface area contributed by atoms with E-state index in [9.17, 15) is 9.59 Å². The molecule has 9 heteroatoms. The molecule has 1 aliphatic carbocycles. The Morgan fingerprint density at radius 2 is 2.19 bits per heavy atom. The second-order valence-electron chi connectivity index (χ2n) is 7.36. The molecule has 1 saturated carbocycles. The molecule has 0 bridgehead atoms. The summed E-state index contributed by atoms with van der Waals surface area (Å²) in [6.45, 7) is 3.59. The maximum absolute atomic E-state index is 12.6. The van der Waals surface area contributed by atoms with E-state index < -0.39 is 11.9 Å². The molecule has 1 N–H and O–H groups in total. The first-order valence-corrected chi connectivity index (χ1v) is 9.01. The Hall–Kier alpha value is -2.71. The first-order valence-electron chi connectivity index (χ1n) is 9.01. The van der Waals surface area contributed by atoms with Crippen molar-refractivity contribution in [3.05, 3.63) is 24.4 Å². The van der Waals surface area contributed by atoms with Crippen LogP contribution in [0.3, 0.4) is 0 Å². The van der Waals surface area contributed by atoms with Gasteiger partial charge in [0.2, 0.25) is 5.82 Å². The van der Waals surface area contributed by atoms with Crippen molar-refractivity contribution in [2.75, 3.05) is 11.9 Å². The molecule has 2 aromatic rings. The Kier molecular flexibility index (Phi) is 4.21. The van der Waals surface area contributed by atoms with Crippen molar-refractivity contribution in [2.45, 2.75) is 45.3 Å². The molecule has 0 spiro atoms. The average molecular weight is 357 g/mol. The first-order chi connectivity index (χ1) is 12.5. The average Bonchev–Trinajstić information content (AvgIpc) is 3.23. The number of rotatable bonds is 4. The SMILES string of the molecule is CN1C(=O)[C@@H](NC(=O)c2ncn(C[C@H]3C[C@H](C)C3)n2)CCn2nccc21. The van der Waals surface area contributed by atoms with E-state index >= 15 is 0 Å². The van der Waals surface area contributed by atoms with Gasteiger partial charge in [-0.2, -0.15) is 5.10 Å². The fourth-order valence-corrected chi connectivity index (χ4v) is 3.83. The Labute approximate surface area is 151 Å². The summed E-state index contributed by atoms with van der Waals surface area (Å²) in [4.78, 5) is 30.7. The number of carbonyl (C=O) groups is 2. The van der Waals surface area contributed by atoms with Gasteiger partial charge in [0.15, 0.2) is 0 Å². The lowest BCUT2D eigenvalue weighted by Crippen LogP contribution is -2.47. The van der Waals surface area contributed by atoms with Gasteiger partial charge in [-0.3, -0.25) is 19.2 Å². The smallest absolute Gasteiger partial charge is 0.291 e. The molecular weight excluding hydrogens is 334 g/mol. The number of amides is 2. The standard InChI is InChI=1S/C17H23N7O2/c1-11-7-12(8-11)9-23-10-18-15(21-23)16(25)20-13-4-6-24-14(3-5-19-24)22(2)17(13)26/h3,5,10-13H,4,6-9H2,1-2H3,(H,20,25)/t11-,12-,13-/m0/s1. The number of aryl methyl sites for hydroxylation is 1. The first kappa shape index (κ1) is 16.7. The van der Waals surface area contributed by atoms with E-state index in [0.29, 0.717) is 18.9 Å². The van der Waals surface area contributed by atoms with Gasteiger partial charge >= 0.3 is 0 Å². The zero-order valence-corrected chi connectivity index (χ0v) is 15.0. The summed E-state index contributed by atoms with van der Waals surface area (Å²) >= 11 is 0. The Morgan fingerprint density at radius 1 is 1.38 bits per heavy atom. The number of likely N-dealkylation sites (N-methyl/N-ethyl adjacent to an activating group) is 1. The van der Waals surface area contributed by atoms with Crippen LogP contribution in [-0.4, -0.2) is 49.4 Å². The van der Waals surface area contributed by atoms with Gasteiger partial charge in [0.25, 0.3) is 11.8 Å². The number of aromatic nitrogens is 5. The lowest BCUT2D eigenvalue weighted by Gasteiger charge is -2.32. The zero-order valence-electron chi connectivity index (χ0n) is 15.0. The third-order valence-corrected chi connectivity index (χ3v) is 5.26. The molecule has 0 radical (unpaired) electrons. The van der Waals surface area contributed by atoms with E-state index in [-0.39, 0.29) is 11.7 Å². The van der Waals surface area contributed by atoms with Gasteiger partial charge in [0.05, 0.1) is 6.20 Å². The number of fused-ring (bicyclic) bond motifs is 1. The predicted octanol–water partition coefficient (Wildman–Crippen LogP) is 0.686. The molecule has 2 aliphatic rings. The largest absolute Gasteiger partial charge is 0.337 e. The molecular formula is C17H23N7O2. The maximum atomic E-state index is 12.6. The highest BCUT2D eigenvalue weighted by Gasteiger charge is 2.31. The van der Waals surface area contributed by atoms with Crippen LogP contribution in [0.25, 0.3) is 0 Å². The van der Waals surface area contributed by atoms with Gasteiger partial charge in [-0.15, -0.1) is 5.10 Å². The molecule has 0 saturated heterocycles. The normalized spacial score (nSPS) is 25.4. The molecule has 1 atom stereocenters. The highest BCUT2D eigenvalue weighted by atomic mass is 16.2. The quantitative estimate of drug-likeness (QED) is 0.868. The number of hydrogen-bond acceptors (Lipinski definition) is 5. The second kappa shape index (κ2) is 6.54. The van der Waals surface area contributed by atoms with Crippen LogP contribution in [0.5, 0.6) is 0 Å². The molecule has 0 aromatic carbocycles. The minimum atomic E-state index is -0.617. The summed E-state index contributed by atoms with van der Waals surface area (Å²) in [7, 11) is 1.69. The summed E-state index contributed by atoms with van der Waals surface area (Å²) in [6, 6.07) is 1.17. The van der Waals surface area contributed by atoms with Gasteiger partial charge in [0.1, 0.15) is 18.2 Å². The molecule has 138 valence electrons. The molecule has 4 rings (SSSR count). The van der Waals surface area contributed by atoms with E-state index in [1.54, 1.807) is 35.0 Å². The lowest BCUT2D eigenvalue weighted by atomic mass is 9.76. The molecule has 2 aromatic heterocycles. The second-order valence-corrected chi connectivity index (χ2v) is 7.36. The minimum Gasteiger partial charge on any atom is -0.337 e. The third kappa shape index (κ3) is 3.09. The van der Waals surface area contributed by atoms with Gasteiger partial charge in [0, 0.05) is 26.2 Å². The van der Waals surface area contributed by atoms with E-state index in [1.165, 1.54) is 17.7 Å². The van der Waals surface area contributed by atoms with Crippen LogP contribution in [0, 0.1) is 11.8 Å². The zero-order chi connectivity index (χ0) is 18.3. The Morgan fingerprint density at radius 3 is 2.96 bits per heavy atom. The molecule has 3 heterocycles. The Bertz CT molecular complexity index is 821. The lowest BCUT2D eigenvalue weighted by molar-refractivity contribution is -0.120. The summed E-state index contributed by atoms with van der Waals surface area (Å²) < 4.78 is 3.48. The van der Waals surface area contributed by atoms with Gasteiger partial charge in [-0.05, 0) is 31.1 Å². The van der Waals surface area contributed by atoms with Crippen molar-refractivity contribution in [2.24, 2.45) is 11.8 Å². The van der Waals surface area contributed by atoms with E-state index in [2.05, 4.69) is 27.4 Å². The molecule has 1 fully saturated rings. The van der Waals surface area contributed by atoms with Crippen LogP contribution < -0.4 is 10.2 Å². The molecule has 2 amide bonds. The fourth-order valence-electron chi connectivity index (χ4n) is 3.83. The van der Waals surface area contributed by atoms with Crippen molar-refractivity contribution in [3.63, 3.8) is 0 Å². The molecule has 26 heavy (non-hydrogen) atoms. The van der Waals surface area contributed by atoms with Gasteiger partial charge < -0.3 is 5.32 Å². The predicted molar refractivity (Wildman–Crippen MR) is 93.4 cm³/mol. The number of hydrogen-bond donors (Lipinski definition) is 1. The summed E-state index contributed by atoms with van der Waals surface area (Å²) in [5.41, 5.74) is 0. The van der Waals surface area contributed by atoms with E-state index in [4.69, 9.17) is 0 Å². The van der Waals surface area contributed by atoms with Crippen molar-refractivity contribution < 1.29 is 9.59 Å². The van der Waals surface area contributed by atoms with Crippen molar-refractivity contribution in [1.82, 2.24) is 29.9 Å². The van der Waals surface area contributed by atoms with Gasteiger partial charge in [-0.1, -0.05) is 6.92 Å². The monoisotopic (exact) mass is 357 g/mol. The number of nitrogens with zero attached hydrogens (tertiary/aromatic N) is 6. The number of anilines is 1. The van der Waals surface area contributed by atoms with E-state index in [1.807, 2.05) is 0 Å². The van der Waals surface area contributed by atoms with Crippen LogP contribution in [0.1, 0.15) is 36.8 Å². The van der Waals surface area contributed by atoms with Gasteiger partial charge in [-0.25, -0.2) is 9.67 Å². The minimum absolute atomic E-state index is 0.106. The van der Waals surface area contributed by atoms with Crippen molar-refractivity contribution in [1.29, 1.82) is 0 Å². The molecule has 1 aliphatic heterocycles. The summed E-state index contributed by atoms with van der Waals surface area (Å²) in [5, 5.41) is 11.2. The number of nitrogens with one attached hydrogen (secondary N) is 1. The summed E-state index contributed by atoms with van der Waals surface area (Å²) in [5.74, 6) is 1.64. The van der Waals surface area contributed by atoms with Crippen LogP contribution in [0.2, 0.25) is 0 Å².